The Morgan fingerprint density at radius 3 is 2.71 bits per heavy atom. The fourth-order valence-corrected chi connectivity index (χ4v) is 1.85. The third-order valence-electron chi connectivity index (χ3n) is 2.66. The number of carbonyl (C=O) groups excluding carboxylic acids is 1. The van der Waals surface area contributed by atoms with E-state index in [1.807, 2.05) is 32.0 Å². The number of nitrogens with zero attached hydrogens (tertiary/aromatic N) is 1. The molecule has 1 atom stereocenters. The predicted octanol–water partition coefficient (Wildman–Crippen LogP) is 2.72. The maximum atomic E-state index is 11.9. The van der Waals surface area contributed by atoms with E-state index in [9.17, 15) is 14.9 Å². The SMILES string of the molecule is CCCC(=O)[C@@H](C[N+](=O)[O-])c1cccc(C)c1. The second kappa shape index (κ2) is 6.13. The fraction of sp³-hybridized carbons (Fsp3) is 0.462. The summed E-state index contributed by atoms with van der Waals surface area (Å²) >= 11 is 0. The van der Waals surface area contributed by atoms with Crippen LogP contribution in [0.3, 0.4) is 0 Å². The molecule has 0 aliphatic heterocycles. The molecule has 0 spiro atoms. The monoisotopic (exact) mass is 235 g/mol. The van der Waals surface area contributed by atoms with E-state index in [1.54, 1.807) is 6.07 Å². The van der Waals surface area contributed by atoms with Crippen LogP contribution in [0.25, 0.3) is 0 Å². The number of nitro groups is 1. The maximum absolute atomic E-state index is 11.9. The first kappa shape index (κ1) is 13.4. The molecule has 0 aliphatic carbocycles. The standard InChI is InChI=1S/C13H17NO3/c1-3-5-13(15)12(9-14(16)17)11-7-4-6-10(2)8-11/h4,6-8,12H,3,5,9H2,1-2H3/t12-/m0/s1. The molecule has 0 radical (unpaired) electrons. The summed E-state index contributed by atoms with van der Waals surface area (Å²) in [6.45, 7) is 3.50. The Morgan fingerprint density at radius 1 is 1.47 bits per heavy atom. The van der Waals surface area contributed by atoms with Gasteiger partial charge in [-0.3, -0.25) is 14.9 Å². The van der Waals surface area contributed by atoms with Gasteiger partial charge in [-0.25, -0.2) is 0 Å². The van der Waals surface area contributed by atoms with Gasteiger partial charge in [0.2, 0.25) is 6.54 Å². The molecule has 1 aromatic rings. The Balaban J connectivity index is 2.97. The van der Waals surface area contributed by atoms with E-state index >= 15 is 0 Å². The normalized spacial score (nSPS) is 12.1. The summed E-state index contributed by atoms with van der Waals surface area (Å²) in [4.78, 5) is 22.1. The highest BCUT2D eigenvalue weighted by Gasteiger charge is 2.24. The molecule has 4 nitrogen and oxygen atoms in total. The molecule has 0 fully saturated rings. The number of aryl methyl sites for hydroxylation is 1. The van der Waals surface area contributed by atoms with Crippen molar-refractivity contribution in [1.29, 1.82) is 0 Å². The highest BCUT2D eigenvalue weighted by Crippen LogP contribution is 2.20. The van der Waals surface area contributed by atoms with Crippen LogP contribution in [-0.4, -0.2) is 17.3 Å². The van der Waals surface area contributed by atoms with Crippen LogP contribution in [0.2, 0.25) is 0 Å². The van der Waals surface area contributed by atoms with Gasteiger partial charge in [0, 0.05) is 11.3 Å². The minimum atomic E-state index is -0.607. The molecule has 0 bridgehead atoms. The summed E-state index contributed by atoms with van der Waals surface area (Å²) < 4.78 is 0. The summed E-state index contributed by atoms with van der Waals surface area (Å²) in [5.41, 5.74) is 1.76. The summed E-state index contributed by atoms with van der Waals surface area (Å²) in [5, 5.41) is 10.6. The van der Waals surface area contributed by atoms with Crippen molar-refractivity contribution in [2.75, 3.05) is 6.54 Å². The minimum Gasteiger partial charge on any atom is -0.299 e. The quantitative estimate of drug-likeness (QED) is 0.562. The third kappa shape index (κ3) is 3.98. The number of ketones is 1. The number of rotatable bonds is 6. The topological polar surface area (TPSA) is 60.2 Å². The Kier molecular flexibility index (Phi) is 4.82. The Labute approximate surface area is 101 Å². The van der Waals surface area contributed by atoms with E-state index in [0.29, 0.717) is 6.42 Å². The van der Waals surface area contributed by atoms with Gasteiger partial charge in [-0.1, -0.05) is 36.8 Å². The highest BCUT2D eigenvalue weighted by atomic mass is 16.6. The highest BCUT2D eigenvalue weighted by molar-refractivity contribution is 5.85. The Morgan fingerprint density at radius 2 is 2.18 bits per heavy atom. The molecule has 1 rings (SSSR count). The van der Waals surface area contributed by atoms with Crippen LogP contribution in [0.4, 0.5) is 0 Å². The largest absolute Gasteiger partial charge is 0.299 e. The number of hydrogen-bond donors (Lipinski definition) is 0. The number of carbonyl (C=O) groups is 1. The van der Waals surface area contributed by atoms with Gasteiger partial charge in [-0.2, -0.15) is 0 Å². The van der Waals surface area contributed by atoms with Crippen molar-refractivity contribution in [3.8, 4) is 0 Å². The summed E-state index contributed by atoms with van der Waals surface area (Å²) in [7, 11) is 0. The smallest absolute Gasteiger partial charge is 0.217 e. The van der Waals surface area contributed by atoms with Crippen LogP contribution >= 0.6 is 0 Å². The lowest BCUT2D eigenvalue weighted by Gasteiger charge is -2.12. The van der Waals surface area contributed by atoms with Gasteiger partial charge in [0.15, 0.2) is 0 Å². The maximum Gasteiger partial charge on any atom is 0.217 e. The molecule has 17 heavy (non-hydrogen) atoms. The van der Waals surface area contributed by atoms with Gasteiger partial charge in [0.25, 0.3) is 0 Å². The average molecular weight is 235 g/mol. The molecule has 0 saturated heterocycles. The van der Waals surface area contributed by atoms with Gasteiger partial charge >= 0.3 is 0 Å². The van der Waals surface area contributed by atoms with Crippen molar-refractivity contribution in [2.24, 2.45) is 0 Å². The molecule has 1 aromatic carbocycles. The van der Waals surface area contributed by atoms with E-state index in [1.165, 1.54) is 0 Å². The Bertz CT molecular complexity index is 415. The van der Waals surface area contributed by atoms with Crippen LogP contribution in [-0.2, 0) is 4.79 Å². The molecule has 0 aromatic heterocycles. The van der Waals surface area contributed by atoms with Crippen LogP contribution in [0.1, 0.15) is 36.8 Å². The first-order chi connectivity index (χ1) is 8.04. The lowest BCUT2D eigenvalue weighted by Crippen LogP contribution is -2.21. The van der Waals surface area contributed by atoms with E-state index < -0.39 is 10.8 Å². The molecule has 0 saturated carbocycles. The zero-order chi connectivity index (χ0) is 12.8. The van der Waals surface area contributed by atoms with Crippen molar-refractivity contribution < 1.29 is 9.72 Å². The second-order valence-electron chi connectivity index (χ2n) is 4.20. The second-order valence-corrected chi connectivity index (χ2v) is 4.20. The zero-order valence-electron chi connectivity index (χ0n) is 10.2. The van der Waals surface area contributed by atoms with Crippen LogP contribution in [0, 0.1) is 17.0 Å². The van der Waals surface area contributed by atoms with Crippen molar-refractivity contribution in [3.63, 3.8) is 0 Å². The first-order valence-electron chi connectivity index (χ1n) is 5.75. The minimum absolute atomic E-state index is 0.0465. The number of benzene rings is 1. The van der Waals surface area contributed by atoms with Gasteiger partial charge in [0.1, 0.15) is 11.7 Å². The summed E-state index contributed by atoms with van der Waals surface area (Å²) in [6, 6.07) is 7.38. The van der Waals surface area contributed by atoms with Crippen molar-refractivity contribution in [3.05, 3.63) is 45.5 Å². The zero-order valence-corrected chi connectivity index (χ0v) is 10.2. The van der Waals surface area contributed by atoms with Crippen molar-refractivity contribution >= 4 is 5.78 Å². The van der Waals surface area contributed by atoms with Crippen LogP contribution < -0.4 is 0 Å². The van der Waals surface area contributed by atoms with E-state index in [2.05, 4.69) is 0 Å². The molecule has 0 heterocycles. The Hall–Kier alpha value is -1.71. The number of hydrogen-bond acceptors (Lipinski definition) is 3. The first-order valence-corrected chi connectivity index (χ1v) is 5.75. The van der Waals surface area contributed by atoms with Gasteiger partial charge in [-0.15, -0.1) is 0 Å². The lowest BCUT2D eigenvalue weighted by molar-refractivity contribution is -0.481. The van der Waals surface area contributed by atoms with Crippen LogP contribution in [0.15, 0.2) is 24.3 Å². The van der Waals surface area contributed by atoms with Crippen LogP contribution in [0.5, 0.6) is 0 Å². The average Bonchev–Trinajstić information content (AvgIpc) is 2.26. The van der Waals surface area contributed by atoms with E-state index in [4.69, 9.17) is 0 Å². The molecule has 4 heteroatoms. The van der Waals surface area contributed by atoms with Gasteiger partial charge < -0.3 is 0 Å². The molecule has 0 aliphatic rings. The van der Waals surface area contributed by atoms with E-state index in [-0.39, 0.29) is 12.3 Å². The third-order valence-corrected chi connectivity index (χ3v) is 2.66. The lowest BCUT2D eigenvalue weighted by atomic mass is 9.91. The van der Waals surface area contributed by atoms with Gasteiger partial charge in [0.05, 0.1) is 0 Å². The predicted molar refractivity (Wildman–Crippen MR) is 65.7 cm³/mol. The molecular formula is C13H17NO3. The number of Topliss-reactive ketones (excluding diaryl/α,β-unsaturated/α-hetero) is 1. The summed E-state index contributed by atoms with van der Waals surface area (Å²) in [5.74, 6) is -0.653. The summed E-state index contributed by atoms with van der Waals surface area (Å²) in [6.07, 6.45) is 1.12. The van der Waals surface area contributed by atoms with E-state index in [0.717, 1.165) is 17.5 Å². The molecule has 0 amide bonds. The molecule has 0 unspecified atom stereocenters. The fourth-order valence-electron chi connectivity index (χ4n) is 1.85. The van der Waals surface area contributed by atoms with Gasteiger partial charge in [-0.05, 0) is 18.9 Å². The molecule has 0 N–H and O–H groups in total. The molecule has 92 valence electrons. The molecular weight excluding hydrogens is 218 g/mol. The van der Waals surface area contributed by atoms with Crippen molar-refractivity contribution in [2.45, 2.75) is 32.6 Å². The van der Waals surface area contributed by atoms with Crippen molar-refractivity contribution in [1.82, 2.24) is 0 Å².